The molecule has 5 heteroatoms. The van der Waals surface area contributed by atoms with Gasteiger partial charge >= 0.3 is 12.0 Å². The molecule has 0 saturated carbocycles. The molecule has 116 valence electrons. The van der Waals surface area contributed by atoms with Gasteiger partial charge in [-0.05, 0) is 43.5 Å². The Balaban J connectivity index is 2.78. The van der Waals surface area contributed by atoms with Crippen LogP contribution in [0, 0.1) is 13.8 Å². The average molecular weight is 292 g/mol. The number of carbonyl (C=O) groups excluding carboxylic acids is 1. The van der Waals surface area contributed by atoms with Gasteiger partial charge in [-0.2, -0.15) is 0 Å². The summed E-state index contributed by atoms with van der Waals surface area (Å²) in [7, 11) is 1.74. The molecule has 0 aliphatic rings. The number of hydrogen-bond acceptors (Lipinski definition) is 2. The molecule has 21 heavy (non-hydrogen) atoms. The highest BCUT2D eigenvalue weighted by molar-refractivity contribution is 5.94. The number of nitrogens with zero attached hydrogens (tertiary/aromatic N) is 1. The zero-order chi connectivity index (χ0) is 16.0. The third kappa shape index (κ3) is 4.77. The van der Waals surface area contributed by atoms with Crippen molar-refractivity contribution in [3.8, 4) is 0 Å². The van der Waals surface area contributed by atoms with E-state index in [9.17, 15) is 14.7 Å². The minimum absolute atomic E-state index is 0.217. The maximum atomic E-state index is 12.1. The molecule has 0 aliphatic heterocycles. The maximum Gasteiger partial charge on any atom is 0.336 e. The van der Waals surface area contributed by atoms with Crippen LogP contribution < -0.4 is 5.32 Å². The molecule has 2 amide bonds. The van der Waals surface area contributed by atoms with Crippen LogP contribution in [0.4, 0.5) is 10.5 Å². The molecular weight excluding hydrogens is 268 g/mol. The Hall–Kier alpha value is -2.04. The molecule has 1 aromatic rings. The molecule has 0 aromatic heterocycles. The van der Waals surface area contributed by atoms with Gasteiger partial charge < -0.3 is 15.3 Å². The Morgan fingerprint density at radius 3 is 2.48 bits per heavy atom. The zero-order valence-corrected chi connectivity index (χ0v) is 13.2. The van der Waals surface area contributed by atoms with E-state index in [1.165, 1.54) is 6.07 Å². The first-order valence-corrected chi connectivity index (χ1v) is 7.23. The summed E-state index contributed by atoms with van der Waals surface area (Å²) in [6.07, 6.45) is 3.16. The van der Waals surface area contributed by atoms with Gasteiger partial charge in [0.05, 0.1) is 5.56 Å². The van der Waals surface area contributed by atoms with E-state index < -0.39 is 5.97 Å². The number of benzene rings is 1. The number of unbranched alkanes of at least 4 members (excludes halogenated alkanes) is 2. The van der Waals surface area contributed by atoms with Gasteiger partial charge in [-0.1, -0.05) is 19.8 Å². The summed E-state index contributed by atoms with van der Waals surface area (Å²) in [6.45, 7) is 6.41. The molecule has 0 heterocycles. The van der Waals surface area contributed by atoms with Gasteiger partial charge in [-0.25, -0.2) is 9.59 Å². The Morgan fingerprint density at radius 2 is 1.90 bits per heavy atom. The van der Waals surface area contributed by atoms with Gasteiger partial charge in [0.15, 0.2) is 0 Å². The second-order valence-electron chi connectivity index (χ2n) is 5.33. The first kappa shape index (κ1) is 17.0. The lowest BCUT2D eigenvalue weighted by Crippen LogP contribution is -2.32. The number of aryl methyl sites for hydroxylation is 1. The monoisotopic (exact) mass is 292 g/mol. The van der Waals surface area contributed by atoms with E-state index in [0.717, 1.165) is 30.4 Å². The summed E-state index contributed by atoms with van der Waals surface area (Å²) in [5.74, 6) is -0.983. The molecule has 0 spiro atoms. The number of hydrogen-bond donors (Lipinski definition) is 2. The van der Waals surface area contributed by atoms with Crippen molar-refractivity contribution in [1.29, 1.82) is 0 Å². The van der Waals surface area contributed by atoms with Gasteiger partial charge in [0, 0.05) is 19.3 Å². The topological polar surface area (TPSA) is 69.6 Å². The highest BCUT2D eigenvalue weighted by Gasteiger charge is 2.13. The summed E-state index contributed by atoms with van der Waals surface area (Å²) in [5.41, 5.74) is 2.30. The van der Waals surface area contributed by atoms with E-state index in [1.54, 1.807) is 24.9 Å². The highest BCUT2D eigenvalue weighted by atomic mass is 16.4. The molecule has 2 N–H and O–H groups in total. The second-order valence-corrected chi connectivity index (χ2v) is 5.33. The molecule has 0 fully saturated rings. The largest absolute Gasteiger partial charge is 0.478 e. The molecule has 5 nitrogen and oxygen atoms in total. The number of rotatable bonds is 6. The Labute approximate surface area is 126 Å². The molecule has 1 rings (SSSR count). The van der Waals surface area contributed by atoms with Crippen LogP contribution in [0.1, 0.15) is 47.7 Å². The molecule has 0 unspecified atom stereocenters. The molecule has 0 radical (unpaired) electrons. The van der Waals surface area contributed by atoms with E-state index in [0.29, 0.717) is 12.2 Å². The molecule has 0 bridgehead atoms. The number of aromatic carboxylic acids is 1. The third-order valence-electron chi connectivity index (χ3n) is 3.59. The standard InChI is InChI=1S/C16H24N2O3/c1-5-6-7-8-18(4)16(21)17-13-9-11(2)12(3)14(10-13)15(19)20/h9-10H,5-8H2,1-4H3,(H,17,21)(H,19,20). The number of carbonyl (C=O) groups is 2. The number of urea groups is 1. The van der Waals surface area contributed by atoms with E-state index >= 15 is 0 Å². The summed E-state index contributed by atoms with van der Waals surface area (Å²) in [6, 6.07) is 3.08. The number of anilines is 1. The van der Waals surface area contributed by atoms with Crippen molar-refractivity contribution in [2.45, 2.75) is 40.0 Å². The van der Waals surface area contributed by atoms with Crippen LogP contribution >= 0.6 is 0 Å². The fourth-order valence-electron chi connectivity index (χ4n) is 2.07. The molecule has 1 aromatic carbocycles. The number of carboxylic acids is 1. The SMILES string of the molecule is CCCCCN(C)C(=O)Nc1cc(C)c(C)c(C(=O)O)c1. The van der Waals surface area contributed by atoms with Crippen molar-refractivity contribution in [2.24, 2.45) is 0 Å². The van der Waals surface area contributed by atoms with Gasteiger partial charge in [-0.3, -0.25) is 0 Å². The van der Waals surface area contributed by atoms with Crippen molar-refractivity contribution in [3.05, 3.63) is 28.8 Å². The fraction of sp³-hybridized carbons (Fsp3) is 0.500. The lowest BCUT2D eigenvalue weighted by atomic mass is 10.0. The van der Waals surface area contributed by atoms with Crippen molar-refractivity contribution in [2.75, 3.05) is 18.9 Å². The van der Waals surface area contributed by atoms with Crippen LogP contribution in [0.5, 0.6) is 0 Å². The second kappa shape index (κ2) is 7.67. The highest BCUT2D eigenvalue weighted by Crippen LogP contribution is 2.20. The van der Waals surface area contributed by atoms with Gasteiger partial charge in [-0.15, -0.1) is 0 Å². The minimum atomic E-state index is -0.983. The van der Waals surface area contributed by atoms with E-state index in [-0.39, 0.29) is 11.6 Å². The number of nitrogens with one attached hydrogen (secondary N) is 1. The predicted molar refractivity (Wildman–Crippen MR) is 84.0 cm³/mol. The first-order valence-electron chi connectivity index (χ1n) is 7.23. The van der Waals surface area contributed by atoms with Crippen LogP contribution in [0.2, 0.25) is 0 Å². The molecule has 0 aliphatic carbocycles. The van der Waals surface area contributed by atoms with Crippen LogP contribution in [-0.4, -0.2) is 35.6 Å². The molecular formula is C16H24N2O3. The van der Waals surface area contributed by atoms with Gasteiger partial charge in [0.25, 0.3) is 0 Å². The fourth-order valence-corrected chi connectivity index (χ4v) is 2.07. The quantitative estimate of drug-likeness (QED) is 0.786. The first-order chi connectivity index (χ1) is 9.86. The van der Waals surface area contributed by atoms with Gasteiger partial charge in [0.2, 0.25) is 0 Å². The van der Waals surface area contributed by atoms with Crippen LogP contribution in [0.3, 0.4) is 0 Å². The Morgan fingerprint density at radius 1 is 1.24 bits per heavy atom. The smallest absolute Gasteiger partial charge is 0.336 e. The van der Waals surface area contributed by atoms with E-state index in [4.69, 9.17) is 0 Å². The Bertz CT molecular complexity index is 526. The van der Waals surface area contributed by atoms with E-state index in [1.807, 2.05) is 6.92 Å². The van der Waals surface area contributed by atoms with Crippen LogP contribution in [-0.2, 0) is 0 Å². The summed E-state index contributed by atoms with van der Waals surface area (Å²) in [5, 5.41) is 11.9. The van der Waals surface area contributed by atoms with Crippen molar-refractivity contribution >= 4 is 17.7 Å². The summed E-state index contributed by atoms with van der Waals surface area (Å²) in [4.78, 5) is 24.9. The Kier molecular flexibility index (Phi) is 6.21. The maximum absolute atomic E-state index is 12.1. The van der Waals surface area contributed by atoms with Gasteiger partial charge in [0.1, 0.15) is 0 Å². The molecule has 0 saturated heterocycles. The normalized spacial score (nSPS) is 10.3. The minimum Gasteiger partial charge on any atom is -0.478 e. The lowest BCUT2D eigenvalue weighted by Gasteiger charge is -2.18. The van der Waals surface area contributed by atoms with Crippen molar-refractivity contribution < 1.29 is 14.7 Å². The lowest BCUT2D eigenvalue weighted by molar-refractivity contribution is 0.0696. The third-order valence-corrected chi connectivity index (χ3v) is 3.59. The average Bonchev–Trinajstić information content (AvgIpc) is 2.42. The van der Waals surface area contributed by atoms with Crippen LogP contribution in [0.25, 0.3) is 0 Å². The van der Waals surface area contributed by atoms with Crippen LogP contribution in [0.15, 0.2) is 12.1 Å². The van der Waals surface area contributed by atoms with E-state index in [2.05, 4.69) is 12.2 Å². The zero-order valence-electron chi connectivity index (χ0n) is 13.2. The molecule has 0 atom stereocenters. The summed E-state index contributed by atoms with van der Waals surface area (Å²) < 4.78 is 0. The number of amides is 2. The predicted octanol–water partition coefficient (Wildman–Crippen LogP) is 3.66. The number of carboxylic acid groups (broad SMARTS) is 1. The van der Waals surface area contributed by atoms with Crippen molar-refractivity contribution in [1.82, 2.24) is 4.90 Å². The van der Waals surface area contributed by atoms with Crippen molar-refractivity contribution in [3.63, 3.8) is 0 Å². The summed E-state index contributed by atoms with van der Waals surface area (Å²) >= 11 is 0.